The fourth-order valence-corrected chi connectivity index (χ4v) is 3.05. The number of carbonyl (C=O) groups is 1. The standard InChI is InChI=1S/C16H14Cl2N2O/c1-10-6-7-11-4-2-3-5-14(11)20(10)16(21)12-8-15(18)19-9-13(12)17/h2-5,8-10H,6-7H2,1H3. The van der Waals surface area contributed by atoms with Crippen LogP contribution >= 0.6 is 23.2 Å². The van der Waals surface area contributed by atoms with E-state index >= 15 is 0 Å². The van der Waals surface area contributed by atoms with E-state index in [1.54, 1.807) is 4.90 Å². The number of aromatic nitrogens is 1. The molecule has 0 bridgehead atoms. The molecule has 21 heavy (non-hydrogen) atoms. The molecule has 108 valence electrons. The molecule has 1 aromatic heterocycles. The third-order valence-electron chi connectivity index (χ3n) is 3.79. The third-order valence-corrected chi connectivity index (χ3v) is 4.30. The molecule has 1 atom stereocenters. The van der Waals surface area contributed by atoms with Crippen molar-refractivity contribution < 1.29 is 4.79 Å². The van der Waals surface area contributed by atoms with Crippen LogP contribution in [0, 0.1) is 0 Å². The fourth-order valence-electron chi connectivity index (χ4n) is 2.70. The molecule has 1 aliphatic rings. The van der Waals surface area contributed by atoms with Gasteiger partial charge in [0.05, 0.1) is 10.6 Å². The van der Waals surface area contributed by atoms with Gasteiger partial charge in [0.2, 0.25) is 0 Å². The van der Waals surface area contributed by atoms with Crippen LogP contribution in [0.4, 0.5) is 5.69 Å². The molecule has 0 N–H and O–H groups in total. The van der Waals surface area contributed by atoms with E-state index in [4.69, 9.17) is 23.2 Å². The highest BCUT2D eigenvalue weighted by Crippen LogP contribution is 2.33. The first kappa shape index (κ1) is 14.4. The molecule has 3 nitrogen and oxygen atoms in total. The van der Waals surface area contributed by atoms with Crippen molar-refractivity contribution in [3.8, 4) is 0 Å². The van der Waals surface area contributed by atoms with Crippen LogP contribution < -0.4 is 4.90 Å². The Balaban J connectivity index is 2.07. The average Bonchev–Trinajstić information content (AvgIpc) is 2.49. The topological polar surface area (TPSA) is 33.2 Å². The number of aryl methyl sites for hydroxylation is 1. The van der Waals surface area contributed by atoms with Crippen molar-refractivity contribution in [1.29, 1.82) is 0 Å². The fraction of sp³-hybridized carbons (Fsp3) is 0.250. The molecule has 1 aliphatic heterocycles. The third kappa shape index (κ3) is 2.63. The maximum atomic E-state index is 12.9. The van der Waals surface area contributed by atoms with Crippen LogP contribution in [0.2, 0.25) is 10.2 Å². The van der Waals surface area contributed by atoms with Gasteiger partial charge in [0, 0.05) is 17.9 Å². The van der Waals surface area contributed by atoms with E-state index in [1.807, 2.05) is 25.1 Å². The van der Waals surface area contributed by atoms with Crippen LogP contribution in [0.15, 0.2) is 36.5 Å². The number of halogens is 2. The van der Waals surface area contributed by atoms with Crippen LogP contribution in [-0.4, -0.2) is 16.9 Å². The van der Waals surface area contributed by atoms with Gasteiger partial charge in [-0.2, -0.15) is 0 Å². The molecule has 2 heterocycles. The van der Waals surface area contributed by atoms with Crippen molar-refractivity contribution in [2.75, 3.05) is 4.90 Å². The van der Waals surface area contributed by atoms with Crippen molar-refractivity contribution in [1.82, 2.24) is 4.98 Å². The highest BCUT2D eigenvalue weighted by molar-refractivity contribution is 6.35. The Kier molecular flexibility index (Phi) is 3.87. The van der Waals surface area contributed by atoms with E-state index < -0.39 is 0 Å². The Morgan fingerprint density at radius 1 is 1.33 bits per heavy atom. The number of benzene rings is 1. The molecular weight excluding hydrogens is 307 g/mol. The van der Waals surface area contributed by atoms with Gasteiger partial charge in [-0.15, -0.1) is 0 Å². The van der Waals surface area contributed by atoms with Gasteiger partial charge in [-0.25, -0.2) is 4.98 Å². The summed E-state index contributed by atoms with van der Waals surface area (Å²) in [6.45, 7) is 2.05. The van der Waals surface area contributed by atoms with Crippen molar-refractivity contribution >= 4 is 34.8 Å². The average molecular weight is 321 g/mol. The summed E-state index contributed by atoms with van der Waals surface area (Å²) in [4.78, 5) is 18.6. The quantitative estimate of drug-likeness (QED) is 0.731. The van der Waals surface area contributed by atoms with Gasteiger partial charge in [-0.05, 0) is 37.5 Å². The summed E-state index contributed by atoms with van der Waals surface area (Å²) in [6.07, 6.45) is 3.32. The van der Waals surface area contributed by atoms with Gasteiger partial charge in [-0.1, -0.05) is 41.4 Å². The van der Waals surface area contributed by atoms with Gasteiger partial charge in [0.15, 0.2) is 0 Å². The summed E-state index contributed by atoms with van der Waals surface area (Å²) in [5.41, 5.74) is 2.52. The summed E-state index contributed by atoms with van der Waals surface area (Å²) in [6, 6.07) is 9.61. The van der Waals surface area contributed by atoms with E-state index in [2.05, 4.69) is 11.1 Å². The van der Waals surface area contributed by atoms with Gasteiger partial charge < -0.3 is 4.90 Å². The normalized spacial score (nSPS) is 17.5. The summed E-state index contributed by atoms with van der Waals surface area (Å²) in [7, 11) is 0. The number of fused-ring (bicyclic) bond motifs is 1. The number of carbonyl (C=O) groups excluding carboxylic acids is 1. The molecule has 0 saturated heterocycles. The molecule has 1 unspecified atom stereocenters. The summed E-state index contributed by atoms with van der Waals surface area (Å²) in [5, 5.41) is 0.584. The van der Waals surface area contributed by atoms with E-state index in [9.17, 15) is 4.79 Å². The van der Waals surface area contributed by atoms with Gasteiger partial charge in [0.1, 0.15) is 5.15 Å². The molecular formula is C16H14Cl2N2O. The first-order valence-electron chi connectivity index (χ1n) is 6.80. The molecule has 1 amide bonds. The monoisotopic (exact) mass is 320 g/mol. The Hall–Kier alpha value is -1.58. The molecule has 0 radical (unpaired) electrons. The van der Waals surface area contributed by atoms with Crippen LogP contribution in [0.5, 0.6) is 0 Å². The maximum absolute atomic E-state index is 12.9. The minimum Gasteiger partial charge on any atom is -0.305 e. The molecule has 0 spiro atoms. The van der Waals surface area contributed by atoms with E-state index in [0.29, 0.717) is 10.6 Å². The number of hydrogen-bond acceptors (Lipinski definition) is 2. The predicted octanol–water partition coefficient (Wildman–Crippen LogP) is 4.37. The smallest absolute Gasteiger partial charge is 0.260 e. The zero-order chi connectivity index (χ0) is 15.0. The highest BCUT2D eigenvalue weighted by atomic mass is 35.5. The summed E-state index contributed by atoms with van der Waals surface area (Å²) < 4.78 is 0. The number of anilines is 1. The number of nitrogens with zero attached hydrogens (tertiary/aromatic N) is 2. The molecule has 3 rings (SSSR count). The molecule has 0 aliphatic carbocycles. The first-order valence-corrected chi connectivity index (χ1v) is 7.56. The van der Waals surface area contributed by atoms with Crippen LogP contribution in [-0.2, 0) is 6.42 Å². The van der Waals surface area contributed by atoms with Crippen LogP contribution in [0.1, 0.15) is 29.3 Å². The number of hydrogen-bond donors (Lipinski definition) is 0. The molecule has 5 heteroatoms. The number of rotatable bonds is 1. The Morgan fingerprint density at radius 3 is 2.90 bits per heavy atom. The van der Waals surface area contributed by atoms with Gasteiger partial charge >= 0.3 is 0 Å². The minimum atomic E-state index is -0.135. The van der Waals surface area contributed by atoms with Gasteiger partial charge in [-0.3, -0.25) is 4.79 Å². The molecule has 0 fully saturated rings. The lowest BCUT2D eigenvalue weighted by Gasteiger charge is -2.35. The second-order valence-corrected chi connectivity index (χ2v) is 5.97. The minimum absolute atomic E-state index is 0.121. The van der Waals surface area contributed by atoms with Crippen molar-refractivity contribution in [2.45, 2.75) is 25.8 Å². The van der Waals surface area contributed by atoms with E-state index in [0.717, 1.165) is 18.5 Å². The Morgan fingerprint density at radius 2 is 2.10 bits per heavy atom. The molecule has 1 aromatic carbocycles. The predicted molar refractivity (Wildman–Crippen MR) is 85.3 cm³/mol. The Bertz CT molecular complexity index is 702. The summed E-state index contributed by atoms with van der Waals surface area (Å²) in [5.74, 6) is -0.135. The van der Waals surface area contributed by atoms with Crippen molar-refractivity contribution in [3.05, 3.63) is 57.8 Å². The van der Waals surface area contributed by atoms with Gasteiger partial charge in [0.25, 0.3) is 5.91 Å². The summed E-state index contributed by atoms with van der Waals surface area (Å²) >= 11 is 12.0. The lowest BCUT2D eigenvalue weighted by atomic mass is 9.96. The number of pyridine rings is 1. The second kappa shape index (κ2) is 5.66. The van der Waals surface area contributed by atoms with Crippen molar-refractivity contribution in [2.24, 2.45) is 0 Å². The van der Waals surface area contributed by atoms with E-state index in [1.165, 1.54) is 17.8 Å². The number of amides is 1. The van der Waals surface area contributed by atoms with Crippen LogP contribution in [0.25, 0.3) is 0 Å². The first-order chi connectivity index (χ1) is 10.1. The largest absolute Gasteiger partial charge is 0.305 e. The van der Waals surface area contributed by atoms with E-state index in [-0.39, 0.29) is 17.1 Å². The lowest BCUT2D eigenvalue weighted by Crippen LogP contribution is -2.42. The zero-order valence-corrected chi connectivity index (χ0v) is 13.0. The lowest BCUT2D eigenvalue weighted by molar-refractivity contribution is 0.0975. The highest BCUT2D eigenvalue weighted by Gasteiger charge is 2.29. The molecule has 2 aromatic rings. The van der Waals surface area contributed by atoms with Crippen molar-refractivity contribution in [3.63, 3.8) is 0 Å². The zero-order valence-electron chi connectivity index (χ0n) is 11.5. The Labute approximate surface area is 133 Å². The SMILES string of the molecule is CC1CCc2ccccc2N1C(=O)c1cc(Cl)ncc1Cl. The number of para-hydroxylation sites is 1. The maximum Gasteiger partial charge on any atom is 0.260 e. The van der Waals surface area contributed by atoms with Crippen LogP contribution in [0.3, 0.4) is 0 Å². The molecule has 0 saturated carbocycles. The second-order valence-electron chi connectivity index (χ2n) is 5.18.